The summed E-state index contributed by atoms with van der Waals surface area (Å²) in [6.07, 6.45) is 4.04. The molecule has 5 nitrogen and oxygen atoms in total. The van der Waals surface area contributed by atoms with E-state index in [4.69, 9.17) is 9.84 Å². The molecule has 0 saturated carbocycles. The predicted molar refractivity (Wildman–Crippen MR) is 86.6 cm³/mol. The van der Waals surface area contributed by atoms with Crippen molar-refractivity contribution in [3.05, 3.63) is 0 Å². The molecule has 2 heterocycles. The highest BCUT2D eigenvalue weighted by Gasteiger charge is 2.37. The van der Waals surface area contributed by atoms with Crippen LogP contribution in [0.4, 0.5) is 0 Å². The van der Waals surface area contributed by atoms with Crippen molar-refractivity contribution in [2.45, 2.75) is 51.7 Å². The number of carbonyl (C=O) groups excluding carboxylic acids is 1. The number of aliphatic hydroxyl groups excluding tert-OH is 1. The van der Waals surface area contributed by atoms with Crippen LogP contribution in [0.2, 0.25) is 0 Å². The molecule has 2 saturated heterocycles. The molecule has 2 unspecified atom stereocenters. The molecule has 1 N–H and O–H groups in total. The smallest absolute Gasteiger partial charge is 0.228 e. The first-order chi connectivity index (χ1) is 10.5. The quantitative estimate of drug-likeness (QED) is 0.833. The lowest BCUT2D eigenvalue weighted by Crippen LogP contribution is -2.51. The summed E-state index contributed by atoms with van der Waals surface area (Å²) in [7, 11) is 2.06. The standard InChI is InChI=1S/C17H32N2O3/c1-13(2)16-15(5-4-12-22-16)17(21)19-8-6-14(7-9-19)18(3)10-11-20/h13-16,20H,4-12H2,1-3H3. The fraction of sp³-hybridized carbons (Fsp3) is 0.941. The van der Waals surface area contributed by atoms with E-state index in [9.17, 15) is 4.79 Å². The highest BCUT2D eigenvalue weighted by Crippen LogP contribution is 2.29. The molecule has 2 rings (SSSR count). The van der Waals surface area contributed by atoms with Crippen molar-refractivity contribution < 1.29 is 14.6 Å². The number of carbonyl (C=O) groups is 1. The van der Waals surface area contributed by atoms with Gasteiger partial charge in [-0.05, 0) is 38.6 Å². The van der Waals surface area contributed by atoms with Crippen LogP contribution in [0.1, 0.15) is 39.5 Å². The first kappa shape index (κ1) is 17.7. The minimum absolute atomic E-state index is 0.0421. The second kappa shape index (κ2) is 8.27. The van der Waals surface area contributed by atoms with Crippen LogP contribution in [0.25, 0.3) is 0 Å². The summed E-state index contributed by atoms with van der Waals surface area (Å²) in [5.74, 6) is 0.726. The third kappa shape index (κ3) is 4.21. The minimum atomic E-state index is 0.0421. The minimum Gasteiger partial charge on any atom is -0.395 e. The number of nitrogens with zero attached hydrogens (tertiary/aromatic N) is 2. The van der Waals surface area contributed by atoms with Crippen LogP contribution in [-0.2, 0) is 9.53 Å². The van der Waals surface area contributed by atoms with Crippen LogP contribution in [0.15, 0.2) is 0 Å². The van der Waals surface area contributed by atoms with Crippen molar-refractivity contribution in [1.82, 2.24) is 9.80 Å². The average molecular weight is 312 g/mol. The van der Waals surface area contributed by atoms with Crippen LogP contribution in [-0.4, -0.2) is 72.9 Å². The normalized spacial score (nSPS) is 27.6. The van der Waals surface area contributed by atoms with E-state index in [-0.39, 0.29) is 18.6 Å². The summed E-state index contributed by atoms with van der Waals surface area (Å²) in [6, 6.07) is 0.486. The summed E-state index contributed by atoms with van der Waals surface area (Å²) in [6.45, 7) is 7.66. The number of hydrogen-bond acceptors (Lipinski definition) is 4. The van der Waals surface area contributed by atoms with Crippen LogP contribution in [0, 0.1) is 11.8 Å². The SMILES string of the molecule is CC(C)C1OCCCC1C(=O)N1CCC(N(C)CCO)CC1. The molecule has 2 fully saturated rings. The van der Waals surface area contributed by atoms with E-state index < -0.39 is 0 Å². The molecule has 2 aliphatic rings. The maximum atomic E-state index is 12.9. The maximum Gasteiger partial charge on any atom is 0.228 e. The molecule has 0 bridgehead atoms. The summed E-state index contributed by atoms with van der Waals surface area (Å²) >= 11 is 0. The number of rotatable bonds is 5. The molecule has 128 valence electrons. The topological polar surface area (TPSA) is 53.0 Å². The average Bonchev–Trinajstić information content (AvgIpc) is 2.54. The van der Waals surface area contributed by atoms with Crippen LogP contribution in [0.5, 0.6) is 0 Å². The second-order valence-electron chi connectivity index (χ2n) is 7.09. The van der Waals surface area contributed by atoms with E-state index in [2.05, 4.69) is 25.8 Å². The Hall–Kier alpha value is -0.650. The number of amides is 1. The molecule has 22 heavy (non-hydrogen) atoms. The Morgan fingerprint density at radius 2 is 2.00 bits per heavy atom. The van der Waals surface area contributed by atoms with Gasteiger partial charge in [-0.2, -0.15) is 0 Å². The Labute approximate surface area is 134 Å². The van der Waals surface area contributed by atoms with E-state index >= 15 is 0 Å². The van der Waals surface area contributed by atoms with Gasteiger partial charge in [-0.15, -0.1) is 0 Å². The third-order valence-electron chi connectivity index (χ3n) is 5.19. The van der Waals surface area contributed by atoms with Crippen LogP contribution >= 0.6 is 0 Å². The lowest BCUT2D eigenvalue weighted by atomic mass is 9.86. The van der Waals surface area contributed by atoms with Gasteiger partial charge in [0.05, 0.1) is 18.6 Å². The van der Waals surface area contributed by atoms with Crippen molar-refractivity contribution >= 4 is 5.91 Å². The van der Waals surface area contributed by atoms with Gasteiger partial charge in [-0.25, -0.2) is 0 Å². The number of hydrogen-bond donors (Lipinski definition) is 1. The number of ether oxygens (including phenoxy) is 1. The molecule has 0 spiro atoms. The number of likely N-dealkylation sites (tertiary alicyclic amines) is 1. The third-order valence-corrected chi connectivity index (χ3v) is 5.19. The van der Waals surface area contributed by atoms with E-state index in [0.29, 0.717) is 24.4 Å². The fourth-order valence-corrected chi connectivity index (χ4v) is 3.83. The Morgan fingerprint density at radius 1 is 1.32 bits per heavy atom. The zero-order valence-corrected chi connectivity index (χ0v) is 14.3. The Kier molecular flexibility index (Phi) is 6.66. The maximum absolute atomic E-state index is 12.9. The molecule has 0 aromatic carbocycles. The highest BCUT2D eigenvalue weighted by molar-refractivity contribution is 5.79. The molecule has 0 aliphatic carbocycles. The Balaban J connectivity index is 1.88. The van der Waals surface area contributed by atoms with Gasteiger partial charge in [0, 0.05) is 32.3 Å². The fourth-order valence-electron chi connectivity index (χ4n) is 3.83. The molecule has 0 aromatic heterocycles. The summed E-state index contributed by atoms with van der Waals surface area (Å²) in [5.41, 5.74) is 0. The first-order valence-corrected chi connectivity index (χ1v) is 8.76. The molecule has 5 heteroatoms. The molecule has 1 amide bonds. The predicted octanol–water partition coefficient (Wildman–Crippen LogP) is 1.35. The molecule has 0 aromatic rings. The zero-order chi connectivity index (χ0) is 16.1. The second-order valence-corrected chi connectivity index (χ2v) is 7.09. The van der Waals surface area contributed by atoms with E-state index in [1.807, 2.05) is 4.90 Å². The lowest BCUT2D eigenvalue weighted by molar-refractivity contribution is -0.149. The number of aliphatic hydroxyl groups is 1. The molecule has 2 atom stereocenters. The molecule has 2 aliphatic heterocycles. The summed E-state index contributed by atoms with van der Waals surface area (Å²) in [5, 5.41) is 9.04. The van der Waals surface area contributed by atoms with Gasteiger partial charge < -0.3 is 19.6 Å². The summed E-state index contributed by atoms with van der Waals surface area (Å²) < 4.78 is 5.87. The van der Waals surface area contributed by atoms with Crippen molar-refractivity contribution in [1.29, 1.82) is 0 Å². The van der Waals surface area contributed by atoms with Gasteiger partial charge in [0.25, 0.3) is 0 Å². The number of piperidine rings is 1. The number of likely N-dealkylation sites (N-methyl/N-ethyl adjacent to an activating group) is 1. The van der Waals surface area contributed by atoms with E-state index in [1.54, 1.807) is 0 Å². The molecule has 0 radical (unpaired) electrons. The van der Waals surface area contributed by atoms with Gasteiger partial charge in [-0.1, -0.05) is 13.8 Å². The van der Waals surface area contributed by atoms with Gasteiger partial charge in [0.1, 0.15) is 0 Å². The highest BCUT2D eigenvalue weighted by atomic mass is 16.5. The van der Waals surface area contributed by atoms with E-state index in [1.165, 1.54) is 0 Å². The van der Waals surface area contributed by atoms with Crippen LogP contribution < -0.4 is 0 Å². The van der Waals surface area contributed by atoms with Crippen molar-refractivity contribution in [2.75, 3.05) is 39.9 Å². The Bertz CT molecular complexity index is 354. The van der Waals surface area contributed by atoms with Gasteiger partial charge in [-0.3, -0.25) is 4.79 Å². The van der Waals surface area contributed by atoms with Gasteiger partial charge in [0.2, 0.25) is 5.91 Å². The van der Waals surface area contributed by atoms with Crippen molar-refractivity contribution in [2.24, 2.45) is 11.8 Å². The monoisotopic (exact) mass is 312 g/mol. The van der Waals surface area contributed by atoms with E-state index in [0.717, 1.165) is 45.4 Å². The molecular weight excluding hydrogens is 280 g/mol. The van der Waals surface area contributed by atoms with Crippen molar-refractivity contribution in [3.8, 4) is 0 Å². The van der Waals surface area contributed by atoms with Gasteiger partial charge in [0.15, 0.2) is 0 Å². The lowest BCUT2D eigenvalue weighted by Gasteiger charge is -2.40. The first-order valence-electron chi connectivity index (χ1n) is 8.76. The largest absolute Gasteiger partial charge is 0.395 e. The van der Waals surface area contributed by atoms with Crippen LogP contribution in [0.3, 0.4) is 0 Å². The zero-order valence-electron chi connectivity index (χ0n) is 14.3. The summed E-state index contributed by atoms with van der Waals surface area (Å²) in [4.78, 5) is 17.1. The van der Waals surface area contributed by atoms with Gasteiger partial charge >= 0.3 is 0 Å². The molecular formula is C17H32N2O3. The Morgan fingerprint density at radius 3 is 2.59 bits per heavy atom. The van der Waals surface area contributed by atoms with Crippen molar-refractivity contribution in [3.63, 3.8) is 0 Å².